The molecule has 0 aliphatic heterocycles. The van der Waals surface area contributed by atoms with E-state index in [9.17, 15) is 0 Å². The molecule has 0 aromatic rings. The fraction of sp³-hybridized carbons (Fsp3) is 0. The molecule has 0 aliphatic carbocycles. The Hall–Kier alpha value is -2.72. The minimum absolute atomic E-state index is 0. The number of hydrogen-bond acceptors (Lipinski definition) is 15. The van der Waals surface area contributed by atoms with Gasteiger partial charge in [0.05, 0.1) is 0 Å². The fourth-order valence-corrected chi connectivity index (χ4v) is 0.204. The van der Waals surface area contributed by atoms with E-state index in [1.54, 1.807) is 0 Å². The van der Waals surface area contributed by atoms with Gasteiger partial charge in [-0.1, -0.05) is 0 Å². The van der Waals surface area contributed by atoms with E-state index in [2.05, 4.69) is 14.2 Å². The molecule has 0 rings (SSSR count). The second kappa shape index (κ2) is 19.3. The number of rotatable bonds is 0. The van der Waals surface area contributed by atoms with Gasteiger partial charge in [-0.3, -0.25) is 0 Å². The Morgan fingerprint density at radius 3 is 0.478 bits per heavy atom. The molecule has 0 aromatic carbocycles. The summed E-state index contributed by atoms with van der Waals surface area (Å²) in [6, 6.07) is 0. The maximum atomic E-state index is 9.06. The van der Waals surface area contributed by atoms with Gasteiger partial charge < -0.3 is 73.6 Å². The van der Waals surface area contributed by atoms with E-state index in [0.29, 0.717) is 0 Å². The molecule has 120 valence electrons. The summed E-state index contributed by atoms with van der Waals surface area (Å²) in [6.07, 6.45) is -12.7. The van der Waals surface area contributed by atoms with Gasteiger partial charge >= 0.3 is 34.7 Å². The van der Waals surface area contributed by atoms with E-state index in [-0.39, 0.29) is 34.7 Å². The van der Waals surface area contributed by atoms with E-state index < -0.39 is 36.9 Å². The Balaban J connectivity index is -0.0000000675. The number of carbonyl (C=O) groups is 6. The third-order valence-corrected chi connectivity index (χ3v) is 0.500. The summed E-state index contributed by atoms with van der Waals surface area (Å²) in [6.45, 7) is 0. The van der Waals surface area contributed by atoms with E-state index in [1.165, 1.54) is 0 Å². The molecule has 15 nitrogen and oxygen atoms in total. The zero-order valence-electron chi connectivity index (χ0n) is 10.3. The summed E-state index contributed by atoms with van der Waals surface area (Å²) in [5.41, 5.74) is 0. The molecule has 0 saturated carbocycles. The molecule has 0 aromatic heterocycles. The predicted molar refractivity (Wildman–Crippen MR) is 47.1 cm³/mol. The Labute approximate surface area is 145 Å². The molecule has 0 heterocycles. The summed E-state index contributed by atoms with van der Waals surface area (Å²) in [4.78, 5) is 54.3. The number of hydrogen-bond donors (Lipinski definition) is 0. The van der Waals surface area contributed by atoms with Crippen molar-refractivity contribution in [1.29, 1.82) is 0 Å². The summed E-state index contributed by atoms with van der Waals surface area (Å²) in [7, 11) is 0. The maximum Gasteiger partial charge on any atom is 3.00 e. The van der Waals surface area contributed by atoms with Crippen molar-refractivity contribution in [3.8, 4) is 0 Å². The third-order valence-electron chi connectivity index (χ3n) is 0.500. The molecule has 0 spiro atoms. The van der Waals surface area contributed by atoms with Gasteiger partial charge in [0.15, 0.2) is 0 Å². The molecule has 0 N–H and O–H groups in total. The van der Waals surface area contributed by atoms with Crippen LogP contribution in [0.2, 0.25) is 0 Å². The Bertz CT molecular complexity index is 318. The molecule has 0 aliphatic rings. The quantitative estimate of drug-likeness (QED) is 0.166. The smallest absolute Gasteiger partial charge is 0.483 e. The van der Waals surface area contributed by atoms with Gasteiger partial charge in [0.2, 0.25) is 0 Å². The van der Waals surface area contributed by atoms with Crippen molar-refractivity contribution >= 4 is 71.7 Å². The molecule has 0 atom stereocenters. The van der Waals surface area contributed by atoms with Gasteiger partial charge in [0, 0.05) is 0 Å². The minimum Gasteiger partial charge on any atom is -0.483 e. The largest absolute Gasteiger partial charge is 3.00 e. The van der Waals surface area contributed by atoms with Crippen LogP contribution in [0.3, 0.4) is 0 Å². The first-order valence-electron chi connectivity index (χ1n) is 3.67. The number of carboxylic acid groups (broad SMARTS) is 6. The molecular formula is C6Al2O15. The van der Waals surface area contributed by atoms with Crippen LogP contribution in [0.15, 0.2) is 0 Å². The van der Waals surface area contributed by atoms with Crippen molar-refractivity contribution in [2.45, 2.75) is 0 Å². The van der Waals surface area contributed by atoms with Gasteiger partial charge in [0.25, 0.3) is 36.9 Å². The van der Waals surface area contributed by atoms with Crippen LogP contribution in [0.1, 0.15) is 0 Å². The molecule has 0 bridgehead atoms. The molecule has 0 radical (unpaired) electrons. The fourth-order valence-electron chi connectivity index (χ4n) is 0.204. The number of ether oxygens (including phenoxy) is 3. The maximum absolute atomic E-state index is 9.06. The summed E-state index contributed by atoms with van der Waals surface area (Å²) in [5.74, 6) is 0. The van der Waals surface area contributed by atoms with Crippen LogP contribution in [-0.4, -0.2) is 71.7 Å². The second-order valence-corrected chi connectivity index (χ2v) is 1.81. The van der Waals surface area contributed by atoms with Crippen LogP contribution >= 0.6 is 0 Å². The van der Waals surface area contributed by atoms with E-state index in [4.69, 9.17) is 59.4 Å². The minimum atomic E-state index is -2.12. The number of carbonyl (C=O) groups excluding carboxylic acids is 6. The molecular weight excluding hydrogens is 366 g/mol. The van der Waals surface area contributed by atoms with Gasteiger partial charge in [-0.25, -0.2) is 0 Å². The molecule has 0 unspecified atom stereocenters. The van der Waals surface area contributed by atoms with E-state index in [0.717, 1.165) is 0 Å². The van der Waals surface area contributed by atoms with Gasteiger partial charge in [-0.2, -0.15) is 0 Å². The Morgan fingerprint density at radius 1 is 0.391 bits per heavy atom. The SMILES string of the molecule is O=C([O-])OC(=O)[O-].O=C([O-])OC(=O)[O-].O=C([O-])OC(=O)[O-].[Al+3].[Al+3]. The first-order chi connectivity index (χ1) is 9.38. The van der Waals surface area contributed by atoms with Crippen molar-refractivity contribution < 1.29 is 73.6 Å². The monoisotopic (exact) mass is 366 g/mol. The van der Waals surface area contributed by atoms with Crippen molar-refractivity contribution in [3.63, 3.8) is 0 Å². The van der Waals surface area contributed by atoms with Crippen LogP contribution in [-0.2, 0) is 14.2 Å². The van der Waals surface area contributed by atoms with Crippen molar-refractivity contribution in [2.75, 3.05) is 0 Å². The van der Waals surface area contributed by atoms with Crippen LogP contribution in [0.25, 0.3) is 0 Å². The van der Waals surface area contributed by atoms with Gasteiger partial charge in [-0.15, -0.1) is 0 Å². The average Bonchev–Trinajstić information content (AvgIpc) is 2.10. The van der Waals surface area contributed by atoms with Crippen LogP contribution in [0.4, 0.5) is 28.8 Å². The van der Waals surface area contributed by atoms with Crippen LogP contribution in [0, 0.1) is 0 Å². The molecule has 23 heavy (non-hydrogen) atoms. The predicted octanol–water partition coefficient (Wildman–Crippen LogP) is -7.69. The molecule has 0 amide bonds. The topological polar surface area (TPSA) is 268 Å². The van der Waals surface area contributed by atoms with Crippen LogP contribution < -0.4 is 30.6 Å². The molecule has 17 heteroatoms. The average molecular weight is 366 g/mol. The second-order valence-electron chi connectivity index (χ2n) is 1.81. The molecule has 0 fully saturated rings. The van der Waals surface area contributed by atoms with Gasteiger partial charge in [0.1, 0.15) is 0 Å². The first kappa shape index (κ1) is 32.3. The summed E-state index contributed by atoms with van der Waals surface area (Å²) in [5, 5.41) is 54.3. The zero-order chi connectivity index (χ0) is 17.6. The van der Waals surface area contributed by atoms with Crippen LogP contribution in [0.5, 0.6) is 0 Å². The Morgan fingerprint density at radius 2 is 0.478 bits per heavy atom. The first-order valence-corrected chi connectivity index (χ1v) is 3.67. The van der Waals surface area contributed by atoms with E-state index >= 15 is 0 Å². The standard InChI is InChI=1S/3C2H2O5.2Al/c3*3-1(4)7-2(5)6;;/h3*(H,3,4)(H,5,6);;/q;;;2*+3/p-6. The zero-order valence-corrected chi connectivity index (χ0v) is 12.6. The normalized spacial score (nSPS) is 6.78. The van der Waals surface area contributed by atoms with Gasteiger partial charge in [-0.05, 0) is 0 Å². The van der Waals surface area contributed by atoms with Crippen molar-refractivity contribution in [1.82, 2.24) is 0 Å². The van der Waals surface area contributed by atoms with E-state index in [1.807, 2.05) is 0 Å². The van der Waals surface area contributed by atoms with Crippen molar-refractivity contribution in [2.24, 2.45) is 0 Å². The Kier molecular flexibility index (Phi) is 27.1. The summed E-state index contributed by atoms with van der Waals surface area (Å²) < 4.78 is 8.58. The van der Waals surface area contributed by atoms with Crippen molar-refractivity contribution in [3.05, 3.63) is 0 Å². The third kappa shape index (κ3) is 66.8. The summed E-state index contributed by atoms with van der Waals surface area (Å²) >= 11 is 0. The molecule has 0 saturated heterocycles.